The Labute approximate surface area is 106 Å². The molecule has 1 aromatic rings. The van der Waals surface area contributed by atoms with E-state index in [9.17, 15) is 9.59 Å². The van der Waals surface area contributed by atoms with Gasteiger partial charge in [-0.25, -0.2) is 0 Å². The van der Waals surface area contributed by atoms with E-state index in [4.69, 9.17) is 4.74 Å². The van der Waals surface area contributed by atoms with Crippen LogP contribution in [-0.2, 0) is 9.53 Å². The lowest BCUT2D eigenvalue weighted by molar-refractivity contribution is -0.144. The van der Waals surface area contributed by atoms with Gasteiger partial charge in [0.1, 0.15) is 12.2 Å². The highest BCUT2D eigenvalue weighted by atomic mass is 16.5. The average molecular weight is 253 g/mol. The standard InChI is InChI=1S/C12H19N3O3/c1-5-18-11(16)7-15(8(2)3)12(17)10-6-9(4)13-14-10/h6,8H,5,7H2,1-4H3,(H,13,14). The molecule has 0 unspecified atom stereocenters. The largest absolute Gasteiger partial charge is 0.465 e. The second-order valence-electron chi connectivity index (χ2n) is 4.27. The quantitative estimate of drug-likeness (QED) is 0.798. The van der Waals surface area contributed by atoms with Gasteiger partial charge in [-0.1, -0.05) is 0 Å². The first-order valence-corrected chi connectivity index (χ1v) is 5.94. The molecule has 6 nitrogen and oxygen atoms in total. The fourth-order valence-corrected chi connectivity index (χ4v) is 1.51. The molecular weight excluding hydrogens is 234 g/mol. The number of aromatic nitrogens is 2. The van der Waals surface area contributed by atoms with Crippen LogP contribution < -0.4 is 0 Å². The van der Waals surface area contributed by atoms with Crippen LogP contribution in [-0.4, -0.2) is 46.2 Å². The summed E-state index contributed by atoms with van der Waals surface area (Å²) in [5.41, 5.74) is 1.11. The third kappa shape index (κ3) is 3.58. The minimum Gasteiger partial charge on any atom is -0.465 e. The van der Waals surface area contributed by atoms with Gasteiger partial charge >= 0.3 is 5.97 Å². The molecule has 0 bridgehead atoms. The SMILES string of the molecule is CCOC(=O)CN(C(=O)c1cc(C)[nH]n1)C(C)C. The van der Waals surface area contributed by atoms with Gasteiger partial charge in [-0.3, -0.25) is 14.7 Å². The van der Waals surface area contributed by atoms with Crippen LogP contribution in [0, 0.1) is 6.92 Å². The lowest BCUT2D eigenvalue weighted by Crippen LogP contribution is -2.41. The molecule has 1 heterocycles. The van der Waals surface area contributed by atoms with Crippen molar-refractivity contribution in [3.05, 3.63) is 17.5 Å². The Balaban J connectivity index is 2.79. The number of carbonyl (C=O) groups is 2. The number of amides is 1. The molecule has 0 saturated carbocycles. The summed E-state index contributed by atoms with van der Waals surface area (Å²) in [4.78, 5) is 25.1. The Morgan fingerprint density at radius 2 is 2.17 bits per heavy atom. The lowest BCUT2D eigenvalue weighted by Gasteiger charge is -2.24. The van der Waals surface area contributed by atoms with Gasteiger partial charge < -0.3 is 9.64 Å². The van der Waals surface area contributed by atoms with Crippen molar-refractivity contribution in [1.82, 2.24) is 15.1 Å². The summed E-state index contributed by atoms with van der Waals surface area (Å²) >= 11 is 0. The Bertz CT molecular complexity index is 426. The molecule has 1 rings (SSSR count). The number of hydrogen-bond acceptors (Lipinski definition) is 4. The molecule has 0 aliphatic rings. The van der Waals surface area contributed by atoms with Crippen LogP contribution in [0.3, 0.4) is 0 Å². The Morgan fingerprint density at radius 3 is 2.61 bits per heavy atom. The first kappa shape index (κ1) is 14.2. The van der Waals surface area contributed by atoms with Crippen molar-refractivity contribution in [2.75, 3.05) is 13.2 Å². The fraction of sp³-hybridized carbons (Fsp3) is 0.583. The number of aromatic amines is 1. The van der Waals surface area contributed by atoms with E-state index in [0.29, 0.717) is 12.3 Å². The molecule has 0 fully saturated rings. The summed E-state index contributed by atoms with van der Waals surface area (Å²) in [6.07, 6.45) is 0. The maximum absolute atomic E-state index is 12.2. The highest BCUT2D eigenvalue weighted by Crippen LogP contribution is 2.07. The van der Waals surface area contributed by atoms with Crippen molar-refractivity contribution in [2.24, 2.45) is 0 Å². The van der Waals surface area contributed by atoms with E-state index in [0.717, 1.165) is 5.69 Å². The average Bonchev–Trinajstić information content (AvgIpc) is 2.72. The number of carbonyl (C=O) groups excluding carboxylic acids is 2. The zero-order valence-electron chi connectivity index (χ0n) is 11.2. The second-order valence-corrected chi connectivity index (χ2v) is 4.27. The molecule has 0 atom stereocenters. The van der Waals surface area contributed by atoms with Gasteiger partial charge in [-0.05, 0) is 33.8 Å². The summed E-state index contributed by atoms with van der Waals surface area (Å²) in [6, 6.07) is 1.56. The number of aryl methyl sites for hydroxylation is 1. The van der Waals surface area contributed by atoms with Crippen molar-refractivity contribution in [3.63, 3.8) is 0 Å². The number of nitrogens with one attached hydrogen (secondary N) is 1. The van der Waals surface area contributed by atoms with Gasteiger partial charge in [-0.2, -0.15) is 5.10 Å². The van der Waals surface area contributed by atoms with Crippen LogP contribution in [0.15, 0.2) is 6.07 Å². The number of hydrogen-bond donors (Lipinski definition) is 1. The molecule has 0 aliphatic carbocycles. The number of rotatable bonds is 5. The predicted molar refractivity (Wildman–Crippen MR) is 66.1 cm³/mol. The van der Waals surface area contributed by atoms with Crippen molar-refractivity contribution in [3.8, 4) is 0 Å². The van der Waals surface area contributed by atoms with Gasteiger partial charge in [0.2, 0.25) is 0 Å². The third-order valence-corrected chi connectivity index (χ3v) is 2.41. The van der Waals surface area contributed by atoms with Gasteiger partial charge in [0.05, 0.1) is 6.61 Å². The summed E-state index contributed by atoms with van der Waals surface area (Å²) in [6.45, 7) is 7.48. The Hall–Kier alpha value is -1.85. The number of nitrogens with zero attached hydrogens (tertiary/aromatic N) is 2. The van der Waals surface area contributed by atoms with E-state index < -0.39 is 5.97 Å². The monoisotopic (exact) mass is 253 g/mol. The highest BCUT2D eigenvalue weighted by Gasteiger charge is 2.23. The predicted octanol–water partition coefficient (Wildman–Crippen LogP) is 1.13. The van der Waals surface area contributed by atoms with E-state index >= 15 is 0 Å². The molecule has 0 radical (unpaired) electrons. The van der Waals surface area contributed by atoms with E-state index in [-0.39, 0.29) is 18.5 Å². The lowest BCUT2D eigenvalue weighted by atomic mass is 10.2. The van der Waals surface area contributed by atoms with Crippen LogP contribution in [0.4, 0.5) is 0 Å². The van der Waals surface area contributed by atoms with Crippen LogP contribution in [0.2, 0.25) is 0 Å². The first-order chi connectivity index (χ1) is 8.45. The van der Waals surface area contributed by atoms with Gasteiger partial charge in [-0.15, -0.1) is 0 Å². The summed E-state index contributed by atoms with van der Waals surface area (Å²) in [5, 5.41) is 6.61. The zero-order valence-corrected chi connectivity index (χ0v) is 11.2. The summed E-state index contributed by atoms with van der Waals surface area (Å²) in [7, 11) is 0. The van der Waals surface area contributed by atoms with Gasteiger partial charge in [0, 0.05) is 11.7 Å². The molecule has 0 saturated heterocycles. The van der Waals surface area contributed by atoms with Crippen LogP contribution in [0.25, 0.3) is 0 Å². The number of esters is 1. The van der Waals surface area contributed by atoms with E-state index in [1.807, 2.05) is 20.8 Å². The molecule has 6 heteroatoms. The maximum Gasteiger partial charge on any atom is 0.325 e. The zero-order chi connectivity index (χ0) is 13.7. The molecule has 1 N–H and O–H groups in total. The highest BCUT2D eigenvalue weighted by molar-refractivity contribution is 5.94. The topological polar surface area (TPSA) is 75.3 Å². The van der Waals surface area contributed by atoms with Crippen LogP contribution >= 0.6 is 0 Å². The van der Waals surface area contributed by atoms with Crippen molar-refractivity contribution in [2.45, 2.75) is 33.7 Å². The summed E-state index contributed by atoms with van der Waals surface area (Å²) < 4.78 is 4.85. The molecule has 0 spiro atoms. The van der Waals surface area contributed by atoms with Gasteiger partial charge in [0.15, 0.2) is 0 Å². The minimum atomic E-state index is -0.410. The summed E-state index contributed by atoms with van der Waals surface area (Å²) in [5.74, 6) is -0.686. The van der Waals surface area contributed by atoms with E-state index in [1.54, 1.807) is 13.0 Å². The van der Waals surface area contributed by atoms with E-state index in [1.165, 1.54) is 4.90 Å². The Kier molecular flexibility index (Phi) is 4.88. The molecule has 1 amide bonds. The minimum absolute atomic E-state index is 0.0593. The maximum atomic E-state index is 12.2. The van der Waals surface area contributed by atoms with Gasteiger partial charge in [0.25, 0.3) is 5.91 Å². The van der Waals surface area contributed by atoms with Crippen LogP contribution in [0.1, 0.15) is 37.0 Å². The molecule has 18 heavy (non-hydrogen) atoms. The molecule has 1 aromatic heterocycles. The first-order valence-electron chi connectivity index (χ1n) is 5.94. The number of H-pyrrole nitrogens is 1. The van der Waals surface area contributed by atoms with Crippen molar-refractivity contribution < 1.29 is 14.3 Å². The van der Waals surface area contributed by atoms with Crippen molar-refractivity contribution >= 4 is 11.9 Å². The Morgan fingerprint density at radius 1 is 1.50 bits per heavy atom. The molecule has 0 aliphatic heterocycles. The fourth-order valence-electron chi connectivity index (χ4n) is 1.51. The van der Waals surface area contributed by atoms with Crippen molar-refractivity contribution in [1.29, 1.82) is 0 Å². The molecular formula is C12H19N3O3. The normalized spacial score (nSPS) is 10.5. The molecule has 100 valence electrons. The smallest absolute Gasteiger partial charge is 0.325 e. The van der Waals surface area contributed by atoms with E-state index in [2.05, 4.69) is 10.2 Å². The third-order valence-electron chi connectivity index (χ3n) is 2.41. The van der Waals surface area contributed by atoms with Crippen LogP contribution in [0.5, 0.6) is 0 Å². The number of ether oxygens (including phenoxy) is 1. The molecule has 0 aromatic carbocycles. The second kappa shape index (κ2) is 6.18.